The Morgan fingerprint density at radius 1 is 1.37 bits per heavy atom. The van der Waals surface area contributed by atoms with Crippen LogP contribution >= 0.6 is 11.3 Å². The van der Waals surface area contributed by atoms with Crippen molar-refractivity contribution in [2.75, 3.05) is 33.5 Å². The van der Waals surface area contributed by atoms with Gasteiger partial charge in [0.25, 0.3) is 0 Å². The van der Waals surface area contributed by atoms with Crippen LogP contribution in [0.25, 0.3) is 10.6 Å². The summed E-state index contributed by atoms with van der Waals surface area (Å²) in [6, 6.07) is 4.14. The van der Waals surface area contributed by atoms with Crippen molar-refractivity contribution >= 4 is 11.3 Å². The second-order valence-electron chi connectivity index (χ2n) is 4.03. The van der Waals surface area contributed by atoms with Gasteiger partial charge < -0.3 is 14.8 Å². The Labute approximate surface area is 116 Å². The normalized spacial score (nSPS) is 11.0. The number of thiophene rings is 1. The van der Waals surface area contributed by atoms with Gasteiger partial charge >= 0.3 is 0 Å². The van der Waals surface area contributed by atoms with E-state index >= 15 is 0 Å². The van der Waals surface area contributed by atoms with Crippen LogP contribution in [0.3, 0.4) is 0 Å². The first-order valence-electron chi connectivity index (χ1n) is 6.25. The number of aromatic amines is 1. The van der Waals surface area contributed by atoms with Gasteiger partial charge in [-0.15, -0.1) is 11.3 Å². The molecule has 0 aromatic carbocycles. The smallest absolute Gasteiger partial charge is 0.0794 e. The fourth-order valence-electron chi connectivity index (χ4n) is 1.69. The molecule has 0 radical (unpaired) electrons. The maximum Gasteiger partial charge on any atom is 0.0794 e. The van der Waals surface area contributed by atoms with Crippen molar-refractivity contribution in [3.8, 4) is 10.6 Å². The third-order valence-electron chi connectivity index (χ3n) is 2.66. The largest absolute Gasteiger partial charge is 0.382 e. The van der Waals surface area contributed by atoms with Gasteiger partial charge in [0.15, 0.2) is 0 Å². The van der Waals surface area contributed by atoms with E-state index in [0.29, 0.717) is 19.8 Å². The van der Waals surface area contributed by atoms with Gasteiger partial charge in [-0.25, -0.2) is 0 Å². The molecule has 0 spiro atoms. The molecule has 0 atom stereocenters. The third kappa shape index (κ3) is 4.43. The van der Waals surface area contributed by atoms with Gasteiger partial charge in [-0.2, -0.15) is 5.10 Å². The quantitative estimate of drug-likeness (QED) is 0.689. The van der Waals surface area contributed by atoms with Gasteiger partial charge in [-0.3, -0.25) is 5.10 Å². The molecule has 0 aliphatic carbocycles. The highest BCUT2D eigenvalue weighted by atomic mass is 32.1. The molecule has 2 rings (SSSR count). The van der Waals surface area contributed by atoms with Crippen LogP contribution in [-0.4, -0.2) is 43.7 Å². The van der Waals surface area contributed by atoms with E-state index in [0.717, 1.165) is 18.8 Å². The highest BCUT2D eigenvalue weighted by molar-refractivity contribution is 7.13. The Morgan fingerprint density at radius 2 is 2.32 bits per heavy atom. The first-order chi connectivity index (χ1) is 9.42. The van der Waals surface area contributed by atoms with Gasteiger partial charge in [0.05, 0.1) is 36.6 Å². The van der Waals surface area contributed by atoms with Crippen LogP contribution in [0.15, 0.2) is 23.7 Å². The Balaban J connectivity index is 1.71. The van der Waals surface area contributed by atoms with Gasteiger partial charge in [-0.05, 0) is 11.4 Å². The summed E-state index contributed by atoms with van der Waals surface area (Å²) >= 11 is 1.71. The molecule has 104 valence electrons. The van der Waals surface area contributed by atoms with E-state index in [2.05, 4.69) is 27.0 Å². The second-order valence-corrected chi connectivity index (χ2v) is 4.98. The molecule has 0 aliphatic rings. The van der Waals surface area contributed by atoms with Gasteiger partial charge in [-0.1, -0.05) is 6.07 Å². The minimum Gasteiger partial charge on any atom is -0.382 e. The monoisotopic (exact) mass is 281 g/mol. The van der Waals surface area contributed by atoms with Gasteiger partial charge in [0.1, 0.15) is 0 Å². The van der Waals surface area contributed by atoms with Gasteiger partial charge in [0, 0.05) is 25.8 Å². The summed E-state index contributed by atoms with van der Waals surface area (Å²) in [5.41, 5.74) is 2.28. The van der Waals surface area contributed by atoms with Crippen LogP contribution in [-0.2, 0) is 16.0 Å². The highest BCUT2D eigenvalue weighted by Crippen LogP contribution is 2.25. The average Bonchev–Trinajstić information content (AvgIpc) is 3.08. The van der Waals surface area contributed by atoms with E-state index in [9.17, 15) is 0 Å². The molecule has 2 aromatic rings. The fourth-order valence-corrected chi connectivity index (χ4v) is 2.45. The lowest BCUT2D eigenvalue weighted by atomic mass is 10.2. The summed E-state index contributed by atoms with van der Waals surface area (Å²) in [7, 11) is 1.67. The van der Waals surface area contributed by atoms with Crippen LogP contribution in [0.2, 0.25) is 0 Å². The Kier molecular flexibility index (Phi) is 6.03. The van der Waals surface area contributed by atoms with Crippen LogP contribution in [0, 0.1) is 0 Å². The van der Waals surface area contributed by atoms with E-state index in [4.69, 9.17) is 9.47 Å². The van der Waals surface area contributed by atoms with Gasteiger partial charge in [0.2, 0.25) is 0 Å². The predicted molar refractivity (Wildman–Crippen MR) is 76.3 cm³/mol. The molecule has 0 amide bonds. The van der Waals surface area contributed by atoms with Crippen LogP contribution < -0.4 is 5.32 Å². The number of H-pyrrole nitrogens is 1. The van der Waals surface area contributed by atoms with E-state index in [1.54, 1.807) is 18.4 Å². The lowest BCUT2D eigenvalue weighted by Gasteiger charge is -2.06. The second kappa shape index (κ2) is 8.06. The molecule has 2 N–H and O–H groups in total. The first-order valence-corrected chi connectivity index (χ1v) is 7.13. The first kappa shape index (κ1) is 14.2. The lowest BCUT2D eigenvalue weighted by molar-refractivity contribution is 0.0719. The third-order valence-corrected chi connectivity index (χ3v) is 3.54. The van der Waals surface area contributed by atoms with Crippen LogP contribution in [0.5, 0.6) is 0 Å². The van der Waals surface area contributed by atoms with E-state index < -0.39 is 0 Å². The highest BCUT2D eigenvalue weighted by Gasteiger charge is 2.07. The summed E-state index contributed by atoms with van der Waals surface area (Å²) in [5, 5.41) is 12.6. The van der Waals surface area contributed by atoms with E-state index in [1.165, 1.54) is 10.4 Å². The Hall–Kier alpha value is -1.21. The molecule has 0 saturated carbocycles. The molecule has 0 bridgehead atoms. The maximum absolute atomic E-state index is 5.39. The molecular weight excluding hydrogens is 262 g/mol. The zero-order chi connectivity index (χ0) is 13.3. The number of rotatable bonds is 9. The number of methoxy groups -OCH3 is 1. The molecule has 5 nitrogen and oxygen atoms in total. The molecule has 0 unspecified atom stereocenters. The molecule has 0 fully saturated rings. The number of ether oxygens (including phenoxy) is 2. The fraction of sp³-hybridized carbons (Fsp3) is 0.462. The Morgan fingerprint density at radius 3 is 3.11 bits per heavy atom. The lowest BCUT2D eigenvalue weighted by Crippen LogP contribution is -2.20. The van der Waals surface area contributed by atoms with Crippen molar-refractivity contribution in [1.29, 1.82) is 0 Å². The molecule has 6 heteroatoms. The van der Waals surface area contributed by atoms with E-state index in [1.807, 2.05) is 12.3 Å². The Bertz CT molecular complexity index is 456. The van der Waals surface area contributed by atoms with E-state index in [-0.39, 0.29) is 0 Å². The average molecular weight is 281 g/mol. The molecular formula is C13H19N3O2S. The number of nitrogens with zero attached hydrogens (tertiary/aromatic N) is 1. The number of hydrogen-bond donors (Lipinski definition) is 2. The van der Waals surface area contributed by atoms with Crippen molar-refractivity contribution in [2.45, 2.75) is 6.54 Å². The van der Waals surface area contributed by atoms with Crippen molar-refractivity contribution in [3.05, 3.63) is 29.3 Å². The van der Waals surface area contributed by atoms with Crippen molar-refractivity contribution in [1.82, 2.24) is 15.5 Å². The maximum atomic E-state index is 5.39. The van der Waals surface area contributed by atoms with Crippen molar-refractivity contribution in [2.24, 2.45) is 0 Å². The summed E-state index contributed by atoms with van der Waals surface area (Å²) in [6.07, 6.45) is 1.87. The topological polar surface area (TPSA) is 59.2 Å². The number of nitrogens with one attached hydrogen (secondary N) is 2. The SMILES string of the molecule is COCCOCCNCc1cn[nH]c1-c1cccs1. The summed E-state index contributed by atoms with van der Waals surface area (Å²) in [6.45, 7) is 3.58. The molecule has 0 saturated heterocycles. The predicted octanol–water partition coefficient (Wildman–Crippen LogP) is 1.89. The standard InChI is InChI=1S/C13H19N3O2S/c1-17-6-7-18-5-4-14-9-11-10-15-16-13(11)12-3-2-8-19-12/h2-3,8,10,14H,4-7,9H2,1H3,(H,15,16). The summed E-state index contributed by atoms with van der Waals surface area (Å²) in [4.78, 5) is 1.21. The minimum absolute atomic E-state index is 0.643. The molecule has 2 aromatic heterocycles. The molecule has 19 heavy (non-hydrogen) atoms. The minimum atomic E-state index is 0.643. The van der Waals surface area contributed by atoms with Crippen LogP contribution in [0.1, 0.15) is 5.56 Å². The number of aromatic nitrogens is 2. The summed E-state index contributed by atoms with van der Waals surface area (Å²) in [5.74, 6) is 0. The molecule has 2 heterocycles. The number of hydrogen-bond acceptors (Lipinski definition) is 5. The zero-order valence-electron chi connectivity index (χ0n) is 11.0. The molecule has 0 aliphatic heterocycles. The van der Waals surface area contributed by atoms with Crippen molar-refractivity contribution < 1.29 is 9.47 Å². The van der Waals surface area contributed by atoms with Crippen LogP contribution in [0.4, 0.5) is 0 Å². The zero-order valence-corrected chi connectivity index (χ0v) is 11.8. The van der Waals surface area contributed by atoms with Crippen molar-refractivity contribution in [3.63, 3.8) is 0 Å². The summed E-state index contributed by atoms with van der Waals surface area (Å²) < 4.78 is 10.3.